The SMILES string of the molecule is CC(C)(N)[C@H]1CCN(c2nc3c(cc2F)c(=O)c(C(=O)O)cn3C2CC2)C1.Cl. The van der Waals surface area contributed by atoms with Gasteiger partial charge in [-0.25, -0.2) is 14.2 Å². The minimum Gasteiger partial charge on any atom is -0.477 e. The molecule has 3 heterocycles. The number of hydrogen-bond donors (Lipinski definition) is 2. The van der Waals surface area contributed by atoms with Crippen LogP contribution >= 0.6 is 12.4 Å². The van der Waals surface area contributed by atoms with Crippen LogP contribution in [0.15, 0.2) is 17.1 Å². The van der Waals surface area contributed by atoms with Crippen molar-refractivity contribution in [2.75, 3.05) is 18.0 Å². The minimum absolute atomic E-state index is 0. The Balaban J connectivity index is 0.00000225. The third-order valence-electron chi connectivity index (χ3n) is 5.65. The predicted molar refractivity (Wildman–Crippen MR) is 107 cm³/mol. The number of halogens is 2. The van der Waals surface area contributed by atoms with Gasteiger partial charge in [0.15, 0.2) is 11.6 Å². The molecule has 0 aromatic carbocycles. The molecule has 1 saturated carbocycles. The lowest BCUT2D eigenvalue weighted by molar-refractivity contribution is 0.0695. The van der Waals surface area contributed by atoms with Crippen molar-refractivity contribution in [3.05, 3.63) is 33.9 Å². The molecule has 0 spiro atoms. The van der Waals surface area contributed by atoms with Gasteiger partial charge in [0.1, 0.15) is 11.2 Å². The normalized spacial score (nSPS) is 19.7. The quantitative estimate of drug-likeness (QED) is 0.803. The van der Waals surface area contributed by atoms with E-state index in [4.69, 9.17) is 5.73 Å². The lowest BCUT2D eigenvalue weighted by atomic mass is 9.88. The summed E-state index contributed by atoms with van der Waals surface area (Å²) in [6, 6.07) is 1.23. The van der Waals surface area contributed by atoms with Crippen molar-refractivity contribution in [1.29, 1.82) is 0 Å². The molecular formula is C19H24ClFN4O3. The van der Waals surface area contributed by atoms with E-state index in [0.29, 0.717) is 18.7 Å². The van der Waals surface area contributed by atoms with Crippen LogP contribution in [0.1, 0.15) is 49.5 Å². The minimum atomic E-state index is -1.31. The smallest absolute Gasteiger partial charge is 0.341 e. The Morgan fingerprint density at radius 1 is 1.36 bits per heavy atom. The van der Waals surface area contributed by atoms with Crippen molar-refractivity contribution in [3.8, 4) is 0 Å². The van der Waals surface area contributed by atoms with E-state index in [1.807, 2.05) is 18.7 Å². The zero-order chi connectivity index (χ0) is 19.5. The highest BCUT2D eigenvalue weighted by Crippen LogP contribution is 2.37. The van der Waals surface area contributed by atoms with Crippen molar-refractivity contribution in [2.45, 2.75) is 44.7 Å². The molecule has 3 N–H and O–H groups in total. The second kappa shape index (κ2) is 7.00. The molecule has 152 valence electrons. The van der Waals surface area contributed by atoms with Gasteiger partial charge in [-0.2, -0.15) is 0 Å². The fourth-order valence-electron chi connectivity index (χ4n) is 3.80. The molecule has 4 rings (SSSR count). The summed E-state index contributed by atoms with van der Waals surface area (Å²) < 4.78 is 16.5. The Bertz CT molecular complexity index is 997. The number of carbonyl (C=O) groups is 1. The summed E-state index contributed by atoms with van der Waals surface area (Å²) in [5.74, 6) is -1.51. The average molecular weight is 411 g/mol. The van der Waals surface area contributed by atoms with Gasteiger partial charge >= 0.3 is 5.97 Å². The lowest BCUT2D eigenvalue weighted by Crippen LogP contribution is -2.42. The number of aromatic nitrogens is 2. The van der Waals surface area contributed by atoms with Crippen LogP contribution in [0.2, 0.25) is 0 Å². The van der Waals surface area contributed by atoms with Crippen LogP contribution in [0.25, 0.3) is 11.0 Å². The molecule has 1 atom stereocenters. The highest BCUT2D eigenvalue weighted by molar-refractivity contribution is 5.92. The molecule has 7 nitrogen and oxygen atoms in total. The van der Waals surface area contributed by atoms with Crippen LogP contribution in [0.4, 0.5) is 10.2 Å². The Labute approximate surface area is 167 Å². The summed E-state index contributed by atoms with van der Waals surface area (Å²) in [6.45, 7) is 5.16. The van der Waals surface area contributed by atoms with Crippen molar-refractivity contribution >= 4 is 35.2 Å². The topological polar surface area (TPSA) is 101 Å². The predicted octanol–water partition coefficient (Wildman–Crippen LogP) is 2.55. The molecule has 2 aliphatic rings. The van der Waals surface area contributed by atoms with E-state index in [9.17, 15) is 19.1 Å². The first-order chi connectivity index (χ1) is 12.7. The van der Waals surface area contributed by atoms with E-state index < -0.39 is 17.2 Å². The van der Waals surface area contributed by atoms with Crippen molar-refractivity contribution in [2.24, 2.45) is 11.7 Å². The standard InChI is InChI=1S/C19H23FN4O3.ClH/c1-19(2,21)10-5-6-23(8-10)17-14(20)7-12-15(25)13(18(26)27)9-24(11-3-4-11)16(12)22-17;/h7,9-11H,3-6,8,21H2,1-2H3,(H,26,27);1H/t10-;/m0./s1. The van der Waals surface area contributed by atoms with Gasteiger partial charge in [-0.05, 0) is 45.1 Å². The lowest BCUT2D eigenvalue weighted by Gasteiger charge is -2.27. The van der Waals surface area contributed by atoms with Gasteiger partial charge < -0.3 is 20.3 Å². The van der Waals surface area contributed by atoms with Gasteiger partial charge in [-0.3, -0.25) is 4.79 Å². The third-order valence-corrected chi connectivity index (χ3v) is 5.65. The second-order valence-corrected chi connectivity index (χ2v) is 8.23. The number of carboxylic acids is 1. The van der Waals surface area contributed by atoms with Crippen LogP contribution in [-0.4, -0.2) is 39.3 Å². The number of anilines is 1. The summed E-state index contributed by atoms with van der Waals surface area (Å²) >= 11 is 0. The molecular weight excluding hydrogens is 387 g/mol. The highest BCUT2D eigenvalue weighted by atomic mass is 35.5. The van der Waals surface area contributed by atoms with Crippen LogP contribution in [0, 0.1) is 11.7 Å². The average Bonchev–Trinajstić information content (AvgIpc) is 3.29. The fourth-order valence-corrected chi connectivity index (χ4v) is 3.80. The molecule has 1 saturated heterocycles. The first-order valence-electron chi connectivity index (χ1n) is 9.19. The molecule has 0 amide bonds. The molecule has 28 heavy (non-hydrogen) atoms. The molecule has 2 aromatic heterocycles. The summed E-state index contributed by atoms with van der Waals surface area (Å²) in [7, 11) is 0. The Morgan fingerprint density at radius 3 is 2.57 bits per heavy atom. The summed E-state index contributed by atoms with van der Waals surface area (Å²) in [4.78, 5) is 30.2. The first kappa shape index (κ1) is 20.5. The van der Waals surface area contributed by atoms with E-state index in [0.717, 1.165) is 25.3 Å². The van der Waals surface area contributed by atoms with Crippen LogP contribution in [0.5, 0.6) is 0 Å². The second-order valence-electron chi connectivity index (χ2n) is 8.23. The molecule has 2 aromatic rings. The monoisotopic (exact) mass is 410 g/mol. The number of fused-ring (bicyclic) bond motifs is 1. The summed E-state index contributed by atoms with van der Waals surface area (Å²) in [5.41, 5.74) is 5.13. The number of hydrogen-bond acceptors (Lipinski definition) is 5. The number of carboxylic acid groups (broad SMARTS) is 1. The molecule has 0 unspecified atom stereocenters. The van der Waals surface area contributed by atoms with Crippen LogP contribution in [-0.2, 0) is 0 Å². The molecule has 2 fully saturated rings. The van der Waals surface area contributed by atoms with Gasteiger partial charge in [-0.1, -0.05) is 0 Å². The number of pyridine rings is 2. The van der Waals surface area contributed by atoms with E-state index in [1.165, 1.54) is 6.20 Å². The Morgan fingerprint density at radius 2 is 2.04 bits per heavy atom. The third kappa shape index (κ3) is 3.46. The van der Waals surface area contributed by atoms with Crippen molar-refractivity contribution in [1.82, 2.24) is 9.55 Å². The van der Waals surface area contributed by atoms with Crippen LogP contribution in [0.3, 0.4) is 0 Å². The van der Waals surface area contributed by atoms with Crippen LogP contribution < -0.4 is 16.1 Å². The fraction of sp³-hybridized carbons (Fsp3) is 0.526. The maximum atomic E-state index is 14.8. The molecule has 0 radical (unpaired) electrons. The number of nitrogens with zero attached hydrogens (tertiary/aromatic N) is 3. The molecule has 1 aliphatic carbocycles. The van der Waals surface area contributed by atoms with Gasteiger partial charge in [-0.15, -0.1) is 12.4 Å². The van der Waals surface area contributed by atoms with E-state index in [2.05, 4.69) is 4.98 Å². The largest absolute Gasteiger partial charge is 0.477 e. The van der Waals surface area contributed by atoms with Gasteiger partial charge in [0, 0.05) is 30.9 Å². The van der Waals surface area contributed by atoms with Crippen molar-refractivity contribution < 1.29 is 14.3 Å². The highest BCUT2D eigenvalue weighted by Gasteiger charge is 2.35. The molecule has 0 bridgehead atoms. The van der Waals surface area contributed by atoms with E-state index in [1.54, 1.807) is 4.57 Å². The Hall–Kier alpha value is -2.19. The number of nitrogens with two attached hydrogens (primary N) is 1. The maximum Gasteiger partial charge on any atom is 0.341 e. The van der Waals surface area contributed by atoms with E-state index >= 15 is 0 Å². The Kier molecular flexibility index (Phi) is 5.14. The van der Waals surface area contributed by atoms with Crippen molar-refractivity contribution in [3.63, 3.8) is 0 Å². The number of rotatable bonds is 4. The van der Waals surface area contributed by atoms with Gasteiger partial charge in [0.25, 0.3) is 0 Å². The van der Waals surface area contributed by atoms with Gasteiger partial charge in [0.05, 0.1) is 5.39 Å². The van der Waals surface area contributed by atoms with E-state index in [-0.39, 0.29) is 46.7 Å². The first-order valence-corrected chi connectivity index (χ1v) is 9.19. The zero-order valence-electron chi connectivity index (χ0n) is 15.8. The molecule has 9 heteroatoms. The summed E-state index contributed by atoms with van der Waals surface area (Å²) in [6.07, 6.45) is 3.96. The maximum absolute atomic E-state index is 14.8. The zero-order valence-corrected chi connectivity index (χ0v) is 16.6. The summed E-state index contributed by atoms with van der Waals surface area (Å²) in [5, 5.41) is 9.32. The van der Waals surface area contributed by atoms with Gasteiger partial charge in [0.2, 0.25) is 5.43 Å². The number of aromatic carboxylic acids is 1. The molecule has 1 aliphatic heterocycles.